The number of ether oxygens (including phenoxy) is 2. The van der Waals surface area contributed by atoms with Gasteiger partial charge in [0.2, 0.25) is 11.0 Å². The number of aryl methyl sites for hydroxylation is 1. The summed E-state index contributed by atoms with van der Waals surface area (Å²) in [5.74, 6) is -0.133. The van der Waals surface area contributed by atoms with Crippen LogP contribution in [0, 0.1) is 11.3 Å². The zero-order valence-electron chi connectivity index (χ0n) is 15.5. The molecule has 3 rings (SSSR count). The van der Waals surface area contributed by atoms with Crippen LogP contribution in [0.25, 0.3) is 0 Å². The van der Waals surface area contributed by atoms with Gasteiger partial charge in [-0.2, -0.15) is 5.26 Å². The van der Waals surface area contributed by atoms with Gasteiger partial charge in [0.1, 0.15) is 17.4 Å². The molecule has 0 aliphatic carbocycles. The van der Waals surface area contributed by atoms with Gasteiger partial charge >= 0.3 is 5.97 Å². The molecule has 1 aliphatic rings. The third kappa shape index (κ3) is 3.88. The maximum Gasteiger partial charge on any atom is 0.338 e. The summed E-state index contributed by atoms with van der Waals surface area (Å²) < 4.78 is 12.2. The van der Waals surface area contributed by atoms with E-state index in [9.17, 15) is 10.1 Å². The first-order valence-corrected chi connectivity index (χ1v) is 10.2. The Labute approximate surface area is 169 Å². The van der Waals surface area contributed by atoms with Crippen LogP contribution in [0.5, 0.6) is 0 Å². The van der Waals surface area contributed by atoms with Crippen molar-refractivity contribution in [1.82, 2.24) is 20.2 Å². The molecule has 1 aliphatic heterocycles. The molecule has 2 aromatic rings. The summed E-state index contributed by atoms with van der Waals surface area (Å²) in [6, 6.07) is 4.03. The zero-order chi connectivity index (χ0) is 20.3. The van der Waals surface area contributed by atoms with E-state index in [1.165, 1.54) is 23.1 Å². The molecule has 0 fully saturated rings. The van der Waals surface area contributed by atoms with E-state index < -0.39 is 11.9 Å². The first-order chi connectivity index (χ1) is 13.5. The summed E-state index contributed by atoms with van der Waals surface area (Å²) in [5, 5.41) is 23.6. The number of tetrazole rings is 1. The molecule has 146 valence electrons. The van der Waals surface area contributed by atoms with Crippen molar-refractivity contribution in [2.75, 3.05) is 6.61 Å². The second kappa shape index (κ2) is 8.45. The SMILES string of the molecule is CCOC(=O)C1=C(C)OC(N)=C(C#N)C1c1cc(CSc2nnnn2C)cs1. The van der Waals surface area contributed by atoms with Crippen molar-refractivity contribution in [2.24, 2.45) is 12.8 Å². The van der Waals surface area contributed by atoms with Crippen molar-refractivity contribution in [2.45, 2.75) is 30.7 Å². The minimum Gasteiger partial charge on any atom is -0.463 e. The molecule has 0 saturated heterocycles. The van der Waals surface area contributed by atoms with E-state index in [2.05, 4.69) is 21.6 Å². The first kappa shape index (κ1) is 19.9. The maximum atomic E-state index is 12.5. The quantitative estimate of drug-likeness (QED) is 0.554. The second-order valence-corrected chi connectivity index (χ2v) is 7.73. The Morgan fingerprint density at radius 3 is 3.00 bits per heavy atom. The molecule has 2 aromatic heterocycles. The number of rotatable bonds is 6. The fraction of sp³-hybridized carbons (Fsp3) is 0.353. The van der Waals surface area contributed by atoms with Crippen molar-refractivity contribution in [3.63, 3.8) is 0 Å². The summed E-state index contributed by atoms with van der Waals surface area (Å²) >= 11 is 2.94. The van der Waals surface area contributed by atoms with E-state index in [1.54, 1.807) is 25.6 Å². The van der Waals surface area contributed by atoms with E-state index in [4.69, 9.17) is 15.2 Å². The van der Waals surface area contributed by atoms with Crippen LogP contribution in [0.2, 0.25) is 0 Å². The van der Waals surface area contributed by atoms with Gasteiger partial charge in [0.15, 0.2) is 0 Å². The maximum absolute atomic E-state index is 12.5. The van der Waals surface area contributed by atoms with Crippen LogP contribution in [-0.2, 0) is 27.1 Å². The fourth-order valence-electron chi connectivity index (χ4n) is 2.75. The summed E-state index contributed by atoms with van der Waals surface area (Å²) in [5.41, 5.74) is 7.44. The Hall–Kier alpha value is -2.84. The molecule has 0 amide bonds. The van der Waals surface area contributed by atoms with Gasteiger partial charge in [-0.1, -0.05) is 11.8 Å². The molecule has 0 spiro atoms. The van der Waals surface area contributed by atoms with E-state index in [1.807, 2.05) is 11.4 Å². The van der Waals surface area contributed by atoms with Crippen LogP contribution < -0.4 is 5.73 Å². The Kier molecular flexibility index (Phi) is 6.01. The summed E-state index contributed by atoms with van der Waals surface area (Å²) in [7, 11) is 1.77. The third-order valence-electron chi connectivity index (χ3n) is 4.01. The molecule has 0 bridgehead atoms. The number of carbonyl (C=O) groups is 1. The average molecular weight is 419 g/mol. The second-order valence-electron chi connectivity index (χ2n) is 5.85. The predicted molar refractivity (Wildman–Crippen MR) is 103 cm³/mol. The van der Waals surface area contributed by atoms with Gasteiger partial charge in [0.25, 0.3) is 0 Å². The molecular formula is C17H18N6O3S2. The van der Waals surface area contributed by atoms with Crippen LogP contribution in [0.15, 0.2) is 39.4 Å². The lowest BCUT2D eigenvalue weighted by Gasteiger charge is -2.25. The third-order valence-corrected chi connectivity index (χ3v) is 6.14. The molecule has 28 heavy (non-hydrogen) atoms. The van der Waals surface area contributed by atoms with E-state index in [-0.39, 0.29) is 18.1 Å². The summed E-state index contributed by atoms with van der Waals surface area (Å²) in [4.78, 5) is 13.3. The summed E-state index contributed by atoms with van der Waals surface area (Å²) in [6.45, 7) is 3.59. The van der Waals surface area contributed by atoms with E-state index >= 15 is 0 Å². The highest BCUT2D eigenvalue weighted by Crippen LogP contribution is 2.42. The lowest BCUT2D eigenvalue weighted by molar-refractivity contribution is -0.139. The molecular weight excluding hydrogens is 400 g/mol. The van der Waals surface area contributed by atoms with Crippen LogP contribution in [0.1, 0.15) is 30.2 Å². The number of hydrogen-bond acceptors (Lipinski definition) is 10. The lowest BCUT2D eigenvalue weighted by Crippen LogP contribution is -2.25. The largest absolute Gasteiger partial charge is 0.463 e. The number of nitrogens with zero attached hydrogens (tertiary/aromatic N) is 5. The molecule has 1 atom stereocenters. The number of nitrogens with two attached hydrogens (primary N) is 1. The van der Waals surface area contributed by atoms with Gasteiger partial charge in [-0.15, -0.1) is 16.4 Å². The smallest absolute Gasteiger partial charge is 0.338 e. The highest BCUT2D eigenvalue weighted by molar-refractivity contribution is 7.98. The summed E-state index contributed by atoms with van der Waals surface area (Å²) in [6.07, 6.45) is 0. The standard InChI is InChI=1S/C17H18N6O3S2/c1-4-25-16(24)13-9(2)26-15(19)11(6-18)14(13)12-5-10(7-27-12)8-28-17-20-21-22-23(17)3/h5,7,14H,4,8,19H2,1-3H3. The Morgan fingerprint density at radius 1 is 1.57 bits per heavy atom. The van der Waals surface area contributed by atoms with Crippen molar-refractivity contribution in [3.8, 4) is 6.07 Å². The number of aromatic nitrogens is 4. The van der Waals surface area contributed by atoms with Crippen molar-refractivity contribution in [3.05, 3.63) is 44.7 Å². The van der Waals surface area contributed by atoms with Crippen LogP contribution in [0.3, 0.4) is 0 Å². The number of thiophene rings is 1. The van der Waals surface area contributed by atoms with Gasteiger partial charge in [0.05, 0.1) is 18.1 Å². The monoisotopic (exact) mass is 418 g/mol. The normalized spacial score (nSPS) is 16.7. The molecule has 0 aromatic carbocycles. The number of carbonyl (C=O) groups excluding carboxylic acids is 1. The number of nitriles is 1. The Bertz CT molecular complexity index is 1000. The molecule has 2 N–H and O–H groups in total. The Morgan fingerprint density at radius 2 is 2.36 bits per heavy atom. The fourth-order valence-corrected chi connectivity index (χ4v) is 4.67. The molecule has 3 heterocycles. The minimum atomic E-state index is -0.613. The topological polar surface area (TPSA) is 129 Å². The number of esters is 1. The van der Waals surface area contributed by atoms with E-state index in [0.717, 1.165) is 10.4 Å². The zero-order valence-corrected chi connectivity index (χ0v) is 17.1. The lowest BCUT2D eigenvalue weighted by atomic mass is 9.87. The Balaban J connectivity index is 1.91. The number of allylic oxidation sites excluding steroid dienone is 2. The molecule has 1 unspecified atom stereocenters. The van der Waals surface area contributed by atoms with Crippen molar-refractivity contribution < 1.29 is 14.3 Å². The van der Waals surface area contributed by atoms with Crippen molar-refractivity contribution in [1.29, 1.82) is 5.26 Å². The minimum absolute atomic E-state index is 0.00697. The van der Waals surface area contributed by atoms with Crippen LogP contribution in [0.4, 0.5) is 0 Å². The van der Waals surface area contributed by atoms with Gasteiger partial charge in [0, 0.05) is 17.7 Å². The van der Waals surface area contributed by atoms with Gasteiger partial charge < -0.3 is 15.2 Å². The van der Waals surface area contributed by atoms with Crippen molar-refractivity contribution >= 4 is 29.1 Å². The highest BCUT2D eigenvalue weighted by atomic mass is 32.2. The predicted octanol–water partition coefficient (Wildman–Crippen LogP) is 2.21. The van der Waals surface area contributed by atoms with E-state index in [0.29, 0.717) is 22.2 Å². The van der Waals surface area contributed by atoms with Gasteiger partial charge in [-0.05, 0) is 41.3 Å². The highest BCUT2D eigenvalue weighted by Gasteiger charge is 2.37. The molecule has 0 saturated carbocycles. The van der Waals surface area contributed by atoms with Gasteiger partial charge in [-0.3, -0.25) is 0 Å². The molecule has 11 heteroatoms. The average Bonchev–Trinajstić information content (AvgIpc) is 3.28. The number of thioether (sulfide) groups is 1. The number of hydrogen-bond donors (Lipinski definition) is 1. The molecule has 0 radical (unpaired) electrons. The first-order valence-electron chi connectivity index (χ1n) is 8.34. The van der Waals surface area contributed by atoms with Gasteiger partial charge in [-0.25, -0.2) is 9.48 Å². The van der Waals surface area contributed by atoms with Crippen LogP contribution in [-0.4, -0.2) is 32.8 Å². The van der Waals surface area contributed by atoms with Crippen LogP contribution >= 0.6 is 23.1 Å². The molecule has 9 nitrogen and oxygen atoms in total.